The Morgan fingerprint density at radius 1 is 1.11 bits per heavy atom. The van der Waals surface area contributed by atoms with Gasteiger partial charge < -0.3 is 26.0 Å². The molecule has 0 aliphatic carbocycles. The third-order valence-electron chi connectivity index (χ3n) is 3.56. The maximum Gasteiger partial charge on any atom is 0.407 e. The van der Waals surface area contributed by atoms with Crippen LogP contribution in [0.1, 0.15) is 37.6 Å². The Morgan fingerprint density at radius 3 is 2.48 bits per heavy atom. The summed E-state index contributed by atoms with van der Waals surface area (Å²) in [6.45, 7) is 5.59. The highest BCUT2D eigenvalue weighted by Crippen LogP contribution is 2.18. The maximum atomic E-state index is 12.2. The van der Waals surface area contributed by atoms with E-state index in [0.717, 1.165) is 0 Å². The summed E-state index contributed by atoms with van der Waals surface area (Å²) in [6, 6.07) is 5.63. The van der Waals surface area contributed by atoms with E-state index in [1.807, 2.05) is 0 Å². The lowest BCUT2D eigenvalue weighted by Gasteiger charge is -2.19. The molecule has 4 N–H and O–H groups in total. The van der Waals surface area contributed by atoms with Crippen LogP contribution in [-0.2, 0) is 14.3 Å². The summed E-state index contributed by atoms with van der Waals surface area (Å²) in [7, 11) is 0. The standard InChI is InChI=1S/C18H24N4O5/c1-18(2,3)27-17(26)20-9-8-19-14(23)10-13-16(25)21-12-7-5-4-6-11(12)15(24)22-13/h4-7,13H,8-10H2,1-3H3,(H,19,23)(H,20,26)(H,21,25)(H,22,24)/t13-/m1/s1. The average Bonchev–Trinajstić information content (AvgIpc) is 2.67. The second kappa shape index (κ2) is 8.52. The quantitative estimate of drug-likeness (QED) is 0.565. The lowest BCUT2D eigenvalue weighted by atomic mass is 10.1. The minimum Gasteiger partial charge on any atom is -0.444 e. The molecule has 4 amide bonds. The van der Waals surface area contributed by atoms with E-state index in [4.69, 9.17) is 4.74 Å². The number of amides is 4. The van der Waals surface area contributed by atoms with E-state index in [-0.39, 0.29) is 19.5 Å². The number of para-hydroxylation sites is 1. The van der Waals surface area contributed by atoms with Crippen molar-refractivity contribution in [3.05, 3.63) is 29.8 Å². The van der Waals surface area contributed by atoms with Gasteiger partial charge >= 0.3 is 6.09 Å². The van der Waals surface area contributed by atoms with Gasteiger partial charge in [0.05, 0.1) is 17.7 Å². The number of hydrogen-bond donors (Lipinski definition) is 4. The number of anilines is 1. The Bertz CT molecular complexity index is 742. The van der Waals surface area contributed by atoms with Crippen molar-refractivity contribution in [3.8, 4) is 0 Å². The van der Waals surface area contributed by atoms with Gasteiger partial charge in [-0.15, -0.1) is 0 Å². The van der Waals surface area contributed by atoms with Crippen molar-refractivity contribution in [1.29, 1.82) is 0 Å². The molecule has 0 unspecified atom stereocenters. The minimum absolute atomic E-state index is 0.167. The van der Waals surface area contributed by atoms with Gasteiger partial charge in [0.2, 0.25) is 11.8 Å². The molecule has 0 aromatic heterocycles. The van der Waals surface area contributed by atoms with E-state index in [1.165, 1.54) is 0 Å². The molecule has 1 aliphatic rings. The van der Waals surface area contributed by atoms with Crippen molar-refractivity contribution in [2.24, 2.45) is 0 Å². The van der Waals surface area contributed by atoms with Crippen LogP contribution in [0, 0.1) is 0 Å². The Hall–Kier alpha value is -3.10. The summed E-state index contributed by atoms with van der Waals surface area (Å²) in [6.07, 6.45) is -0.789. The fourth-order valence-electron chi connectivity index (χ4n) is 2.39. The van der Waals surface area contributed by atoms with Gasteiger partial charge in [0.25, 0.3) is 5.91 Å². The molecule has 146 valence electrons. The average molecular weight is 376 g/mol. The number of nitrogens with one attached hydrogen (secondary N) is 4. The molecule has 2 rings (SSSR count). The van der Waals surface area contributed by atoms with Crippen molar-refractivity contribution >= 4 is 29.5 Å². The number of carbonyl (C=O) groups is 4. The monoisotopic (exact) mass is 376 g/mol. The zero-order valence-corrected chi connectivity index (χ0v) is 15.5. The van der Waals surface area contributed by atoms with Gasteiger partial charge in [0.15, 0.2) is 0 Å². The predicted molar refractivity (Wildman–Crippen MR) is 98.2 cm³/mol. The van der Waals surface area contributed by atoms with E-state index >= 15 is 0 Å². The highest BCUT2D eigenvalue weighted by Gasteiger charge is 2.29. The first-order valence-corrected chi connectivity index (χ1v) is 8.60. The molecule has 1 aromatic rings. The number of fused-ring (bicyclic) bond motifs is 1. The van der Waals surface area contributed by atoms with Crippen molar-refractivity contribution in [2.45, 2.75) is 38.8 Å². The van der Waals surface area contributed by atoms with Crippen molar-refractivity contribution in [2.75, 3.05) is 18.4 Å². The van der Waals surface area contributed by atoms with Gasteiger partial charge in [-0.2, -0.15) is 0 Å². The van der Waals surface area contributed by atoms with E-state index < -0.39 is 35.5 Å². The van der Waals surface area contributed by atoms with Gasteiger partial charge in [0, 0.05) is 13.1 Å². The minimum atomic E-state index is -0.983. The number of benzene rings is 1. The Labute approximate surface area is 157 Å². The number of hydrogen-bond acceptors (Lipinski definition) is 5. The summed E-state index contributed by atoms with van der Waals surface area (Å²) in [5.41, 5.74) is 0.149. The molecule has 9 nitrogen and oxygen atoms in total. The summed E-state index contributed by atoms with van der Waals surface area (Å²) >= 11 is 0. The Balaban J connectivity index is 1.78. The van der Waals surface area contributed by atoms with Crippen molar-refractivity contribution in [3.63, 3.8) is 0 Å². The number of ether oxygens (including phenoxy) is 1. The van der Waals surface area contributed by atoms with Gasteiger partial charge in [0.1, 0.15) is 11.6 Å². The fourth-order valence-corrected chi connectivity index (χ4v) is 2.39. The highest BCUT2D eigenvalue weighted by atomic mass is 16.6. The third kappa shape index (κ3) is 6.28. The largest absolute Gasteiger partial charge is 0.444 e. The molecule has 0 bridgehead atoms. The molecule has 0 fully saturated rings. The first kappa shape index (κ1) is 20.2. The summed E-state index contributed by atoms with van der Waals surface area (Å²) in [4.78, 5) is 48.0. The van der Waals surface area contributed by atoms with E-state index in [2.05, 4.69) is 21.3 Å². The molecule has 27 heavy (non-hydrogen) atoms. The number of alkyl carbamates (subject to hydrolysis) is 1. The zero-order chi connectivity index (χ0) is 20.0. The molecular weight excluding hydrogens is 352 g/mol. The number of carbonyl (C=O) groups excluding carboxylic acids is 4. The molecule has 1 atom stereocenters. The topological polar surface area (TPSA) is 126 Å². The molecule has 1 aromatic carbocycles. The number of rotatable bonds is 5. The molecule has 9 heteroatoms. The van der Waals surface area contributed by atoms with Crippen LogP contribution in [0.2, 0.25) is 0 Å². The van der Waals surface area contributed by atoms with Crippen LogP contribution in [0.5, 0.6) is 0 Å². The second-order valence-corrected chi connectivity index (χ2v) is 7.04. The Kier molecular flexibility index (Phi) is 6.38. The third-order valence-corrected chi connectivity index (χ3v) is 3.56. The molecule has 1 heterocycles. The molecule has 0 saturated heterocycles. The maximum absolute atomic E-state index is 12.2. The van der Waals surface area contributed by atoms with Gasteiger partial charge in [-0.3, -0.25) is 14.4 Å². The molecule has 0 radical (unpaired) electrons. The summed E-state index contributed by atoms with van der Waals surface area (Å²) in [5, 5.41) is 10.3. The molecule has 0 saturated carbocycles. The smallest absolute Gasteiger partial charge is 0.407 e. The summed E-state index contributed by atoms with van der Waals surface area (Å²) < 4.78 is 5.07. The van der Waals surface area contributed by atoms with Crippen LogP contribution in [0.4, 0.5) is 10.5 Å². The normalized spacial score (nSPS) is 16.3. The van der Waals surface area contributed by atoms with Crippen LogP contribution in [0.25, 0.3) is 0 Å². The first-order valence-electron chi connectivity index (χ1n) is 8.60. The second-order valence-electron chi connectivity index (χ2n) is 7.04. The van der Waals surface area contributed by atoms with Crippen molar-refractivity contribution < 1.29 is 23.9 Å². The summed E-state index contributed by atoms with van der Waals surface area (Å²) in [5.74, 6) is -1.31. The fraction of sp³-hybridized carbons (Fsp3) is 0.444. The predicted octanol–water partition coefficient (Wildman–Crippen LogP) is 0.768. The van der Waals surface area contributed by atoms with Gasteiger partial charge in [-0.05, 0) is 32.9 Å². The van der Waals surface area contributed by atoms with Crippen molar-refractivity contribution in [1.82, 2.24) is 16.0 Å². The van der Waals surface area contributed by atoms with Crippen LogP contribution in [-0.4, -0.2) is 48.5 Å². The van der Waals surface area contributed by atoms with E-state index in [1.54, 1.807) is 45.0 Å². The molecular formula is C18H24N4O5. The molecule has 0 spiro atoms. The molecule has 1 aliphatic heterocycles. The van der Waals surface area contributed by atoms with Crippen LogP contribution in [0.15, 0.2) is 24.3 Å². The SMILES string of the molecule is CC(C)(C)OC(=O)NCCNC(=O)C[C@H]1NC(=O)c2ccccc2NC1=O. The lowest BCUT2D eigenvalue weighted by Crippen LogP contribution is -2.45. The first-order chi connectivity index (χ1) is 12.7. The van der Waals surface area contributed by atoms with Gasteiger partial charge in [-0.25, -0.2) is 4.79 Å². The van der Waals surface area contributed by atoms with Crippen LogP contribution >= 0.6 is 0 Å². The van der Waals surface area contributed by atoms with Gasteiger partial charge in [-0.1, -0.05) is 12.1 Å². The highest BCUT2D eigenvalue weighted by molar-refractivity contribution is 6.10. The van der Waals surface area contributed by atoms with Crippen LogP contribution < -0.4 is 21.3 Å². The van der Waals surface area contributed by atoms with Crippen LogP contribution in [0.3, 0.4) is 0 Å². The van der Waals surface area contributed by atoms with E-state index in [0.29, 0.717) is 11.3 Å². The lowest BCUT2D eigenvalue weighted by molar-refractivity contribution is -0.125. The van der Waals surface area contributed by atoms with E-state index in [9.17, 15) is 19.2 Å². The zero-order valence-electron chi connectivity index (χ0n) is 15.5. The Morgan fingerprint density at radius 2 is 1.78 bits per heavy atom.